The molecule has 0 bridgehead atoms. The smallest absolute Gasteiger partial charge is 0.162 e. The van der Waals surface area contributed by atoms with Crippen LogP contribution in [0.1, 0.15) is 16.6 Å². The van der Waals surface area contributed by atoms with Gasteiger partial charge in [0.2, 0.25) is 0 Å². The molecule has 1 aromatic rings. The topological polar surface area (TPSA) is 42.2 Å². The number of nitriles is 1. The molecule has 0 amide bonds. The Labute approximate surface area is 81.7 Å². The van der Waals surface area contributed by atoms with Crippen LogP contribution < -0.4 is 9.47 Å². The highest BCUT2D eigenvalue weighted by atomic mass is 16.5. The molecule has 0 aromatic heterocycles. The van der Waals surface area contributed by atoms with E-state index in [4.69, 9.17) is 18.8 Å². The summed E-state index contributed by atoms with van der Waals surface area (Å²) < 4.78 is 33.0. The normalized spacial score (nSPS) is 12.2. The average molecular weight is 180 g/mol. The van der Waals surface area contributed by atoms with Crippen molar-refractivity contribution in [2.45, 2.75) is 6.92 Å². The van der Waals surface area contributed by atoms with Gasteiger partial charge in [-0.05, 0) is 19.0 Å². The van der Waals surface area contributed by atoms with Crippen LogP contribution in [-0.4, -0.2) is 13.7 Å². The minimum atomic E-state index is -0.312. The average Bonchev–Trinajstić information content (AvgIpc) is 2.27. The molecule has 0 N–H and O–H groups in total. The van der Waals surface area contributed by atoms with Crippen LogP contribution in [0, 0.1) is 11.3 Å². The molecule has 1 aromatic carbocycles. The first-order valence-corrected chi connectivity index (χ1v) is 3.79. The van der Waals surface area contributed by atoms with Gasteiger partial charge in [-0.3, -0.25) is 0 Å². The summed E-state index contributed by atoms with van der Waals surface area (Å²) in [6.07, 6.45) is 0. The van der Waals surface area contributed by atoms with Crippen molar-refractivity contribution < 1.29 is 13.6 Å². The van der Waals surface area contributed by atoms with Gasteiger partial charge in [-0.15, -0.1) is 0 Å². The molecular formula is C10H11NO2. The molecule has 3 heteroatoms. The van der Waals surface area contributed by atoms with Crippen molar-refractivity contribution in [2.24, 2.45) is 0 Å². The molecule has 0 aliphatic heterocycles. The van der Waals surface area contributed by atoms with Gasteiger partial charge >= 0.3 is 0 Å². The molecule has 0 saturated heterocycles. The van der Waals surface area contributed by atoms with E-state index in [1.807, 2.05) is 0 Å². The van der Waals surface area contributed by atoms with Crippen molar-refractivity contribution in [3.63, 3.8) is 0 Å². The third kappa shape index (κ3) is 2.12. The van der Waals surface area contributed by atoms with Gasteiger partial charge in [-0.25, -0.2) is 0 Å². The lowest BCUT2D eigenvalue weighted by atomic mass is 10.2. The van der Waals surface area contributed by atoms with Crippen LogP contribution in [0.2, 0.25) is 0 Å². The zero-order valence-electron chi connectivity index (χ0n) is 10.5. The van der Waals surface area contributed by atoms with Gasteiger partial charge in [-0.1, -0.05) is 0 Å². The molecule has 0 fully saturated rings. The minimum absolute atomic E-state index is 0.0239. The van der Waals surface area contributed by atoms with Crippen LogP contribution in [0.25, 0.3) is 0 Å². The van der Waals surface area contributed by atoms with Crippen LogP contribution in [0.15, 0.2) is 18.1 Å². The van der Waals surface area contributed by atoms with Crippen molar-refractivity contribution in [3.05, 3.63) is 23.7 Å². The van der Waals surface area contributed by atoms with Crippen LogP contribution in [0.4, 0.5) is 0 Å². The fourth-order valence-electron chi connectivity index (χ4n) is 0.823. The van der Waals surface area contributed by atoms with Gasteiger partial charge in [0.25, 0.3) is 0 Å². The molecule has 3 nitrogen and oxygen atoms in total. The first-order valence-electron chi connectivity index (χ1n) is 5.29. The maximum atomic E-state index is 8.81. The van der Waals surface area contributed by atoms with Crippen LogP contribution in [0.5, 0.6) is 11.5 Å². The summed E-state index contributed by atoms with van der Waals surface area (Å²) in [6.45, 7) is 2.02. The molecule has 0 aliphatic rings. The number of hydrogen-bond donors (Lipinski definition) is 0. The number of hydrogen-bond acceptors (Lipinski definition) is 3. The molecule has 0 aliphatic carbocycles. The summed E-state index contributed by atoms with van der Waals surface area (Å²) in [5.74, 6) is 0.0680. The van der Waals surface area contributed by atoms with Crippen molar-refractivity contribution in [1.82, 2.24) is 0 Å². The summed E-state index contributed by atoms with van der Waals surface area (Å²) >= 11 is 0. The van der Waals surface area contributed by atoms with Gasteiger partial charge in [0.1, 0.15) is 0 Å². The van der Waals surface area contributed by atoms with Crippen LogP contribution in [-0.2, 0) is 0 Å². The monoisotopic (exact) mass is 180 g/mol. The Morgan fingerprint density at radius 1 is 1.54 bits per heavy atom. The Morgan fingerprint density at radius 2 is 2.31 bits per heavy atom. The van der Waals surface area contributed by atoms with E-state index in [1.165, 1.54) is 7.11 Å². The molecule has 0 unspecified atom stereocenters. The van der Waals surface area contributed by atoms with E-state index in [1.54, 1.807) is 13.0 Å². The Hall–Kier alpha value is -1.69. The Bertz CT molecular complexity index is 451. The summed E-state index contributed by atoms with van der Waals surface area (Å²) in [7, 11) is 1.33. The third-order valence-electron chi connectivity index (χ3n) is 1.35. The molecule has 0 atom stereocenters. The summed E-state index contributed by atoms with van der Waals surface area (Å²) in [5, 5.41) is 8.81. The maximum Gasteiger partial charge on any atom is 0.162 e. The number of nitrogens with zero attached hydrogens (tertiary/aromatic N) is 1. The highest BCUT2D eigenvalue weighted by molar-refractivity contribution is 5.46. The van der Waals surface area contributed by atoms with E-state index in [-0.39, 0.29) is 35.2 Å². The first-order chi connectivity index (χ1) is 7.58. The van der Waals surface area contributed by atoms with E-state index in [9.17, 15) is 0 Å². The minimum Gasteiger partial charge on any atom is -0.493 e. The highest BCUT2D eigenvalue weighted by Crippen LogP contribution is 2.27. The Kier molecular flexibility index (Phi) is 1.97. The van der Waals surface area contributed by atoms with E-state index < -0.39 is 0 Å². The zero-order valence-corrected chi connectivity index (χ0v) is 7.47. The lowest BCUT2D eigenvalue weighted by Crippen LogP contribution is -1.95. The van der Waals surface area contributed by atoms with Gasteiger partial charge in [-0.2, -0.15) is 5.26 Å². The Morgan fingerprint density at radius 3 is 2.85 bits per heavy atom. The molecule has 0 spiro atoms. The largest absolute Gasteiger partial charge is 0.493 e. The number of methoxy groups -OCH3 is 1. The number of ether oxygens (including phenoxy) is 2. The van der Waals surface area contributed by atoms with Crippen molar-refractivity contribution >= 4 is 0 Å². The molecule has 68 valence electrons. The van der Waals surface area contributed by atoms with Gasteiger partial charge in [0, 0.05) is 6.04 Å². The lowest BCUT2D eigenvalue weighted by Gasteiger charge is -2.08. The predicted molar refractivity (Wildman–Crippen MR) is 48.9 cm³/mol. The number of benzene rings is 1. The summed E-state index contributed by atoms with van der Waals surface area (Å²) in [6, 6.07) is 0.968. The summed E-state index contributed by atoms with van der Waals surface area (Å²) in [5.41, 5.74) is -0.172. The fraction of sp³-hybridized carbons (Fsp3) is 0.300. The highest BCUT2D eigenvalue weighted by Gasteiger charge is 2.03. The van der Waals surface area contributed by atoms with Gasteiger partial charge < -0.3 is 9.47 Å². The second-order valence-electron chi connectivity index (χ2n) is 2.16. The van der Waals surface area contributed by atoms with E-state index in [2.05, 4.69) is 0 Å². The molecule has 13 heavy (non-hydrogen) atoms. The summed E-state index contributed by atoms with van der Waals surface area (Å²) in [4.78, 5) is 0. The van der Waals surface area contributed by atoms with E-state index in [0.717, 1.165) is 0 Å². The van der Waals surface area contributed by atoms with Crippen molar-refractivity contribution in [2.75, 3.05) is 13.7 Å². The van der Waals surface area contributed by atoms with Gasteiger partial charge in [0.05, 0.1) is 29.5 Å². The zero-order chi connectivity index (χ0) is 12.3. The quantitative estimate of drug-likeness (QED) is 0.714. The predicted octanol–water partition coefficient (Wildman–Crippen LogP) is 1.97. The Balaban J connectivity index is 3.58. The molecule has 1 rings (SSSR count). The standard InChI is InChI=1S/C10H11NO2/c1-3-13-10-6-8(7-11)4-5-9(10)12-2/h4-6H,3H2,1-2H3/i4D,5D,6D. The second kappa shape index (κ2) is 4.36. The SMILES string of the molecule is [2H]c1c([2H])c(OC)c(OCC)c([2H])c1C#N. The van der Waals surface area contributed by atoms with Crippen LogP contribution >= 0.6 is 0 Å². The first kappa shape index (κ1) is 5.87. The molecular weight excluding hydrogens is 166 g/mol. The molecule has 0 saturated carbocycles. The lowest BCUT2D eigenvalue weighted by molar-refractivity contribution is 0.311. The molecule has 0 radical (unpaired) electrons. The van der Waals surface area contributed by atoms with E-state index in [0.29, 0.717) is 6.61 Å². The third-order valence-corrected chi connectivity index (χ3v) is 1.35. The van der Waals surface area contributed by atoms with Crippen molar-refractivity contribution in [3.8, 4) is 17.6 Å². The van der Waals surface area contributed by atoms with Crippen LogP contribution in [0.3, 0.4) is 0 Å². The number of rotatable bonds is 3. The maximum absolute atomic E-state index is 8.81. The fourth-order valence-corrected chi connectivity index (χ4v) is 0.823. The second-order valence-corrected chi connectivity index (χ2v) is 2.16. The van der Waals surface area contributed by atoms with E-state index >= 15 is 0 Å². The van der Waals surface area contributed by atoms with Gasteiger partial charge in [0.15, 0.2) is 11.5 Å². The van der Waals surface area contributed by atoms with Crippen molar-refractivity contribution in [1.29, 1.82) is 5.26 Å². The molecule has 0 heterocycles.